The van der Waals surface area contributed by atoms with E-state index < -0.39 is 5.82 Å². The lowest BCUT2D eigenvalue weighted by atomic mass is 10.2. The van der Waals surface area contributed by atoms with Crippen molar-refractivity contribution in [3.63, 3.8) is 0 Å². The van der Waals surface area contributed by atoms with Crippen LogP contribution < -0.4 is 14.4 Å². The SMILES string of the molecule is COc1ccc(N2CCN(C(=O)COc3ccc(F)cc3Cl)CC2)cc1. The van der Waals surface area contributed by atoms with Crippen LogP contribution in [0.1, 0.15) is 0 Å². The maximum Gasteiger partial charge on any atom is 0.260 e. The zero-order valence-corrected chi connectivity index (χ0v) is 15.2. The van der Waals surface area contributed by atoms with Crippen molar-refractivity contribution in [1.29, 1.82) is 0 Å². The first-order valence-corrected chi connectivity index (χ1v) is 8.69. The number of methoxy groups -OCH3 is 1. The van der Waals surface area contributed by atoms with E-state index in [-0.39, 0.29) is 17.5 Å². The minimum absolute atomic E-state index is 0.111. The molecule has 138 valence electrons. The summed E-state index contributed by atoms with van der Waals surface area (Å²) in [6.07, 6.45) is 0. The van der Waals surface area contributed by atoms with Gasteiger partial charge >= 0.3 is 0 Å². The predicted molar refractivity (Wildman–Crippen MR) is 98.7 cm³/mol. The molecule has 1 heterocycles. The molecule has 2 aromatic rings. The highest BCUT2D eigenvalue weighted by Gasteiger charge is 2.22. The molecule has 0 radical (unpaired) electrons. The summed E-state index contributed by atoms with van der Waals surface area (Å²) in [5.74, 6) is 0.570. The van der Waals surface area contributed by atoms with Crippen molar-refractivity contribution in [2.75, 3.05) is 44.8 Å². The van der Waals surface area contributed by atoms with Gasteiger partial charge < -0.3 is 19.3 Å². The molecule has 0 saturated carbocycles. The number of carbonyl (C=O) groups excluding carboxylic acids is 1. The van der Waals surface area contributed by atoms with Gasteiger partial charge in [-0.3, -0.25) is 4.79 Å². The number of anilines is 1. The molecule has 7 heteroatoms. The van der Waals surface area contributed by atoms with Crippen molar-refractivity contribution in [2.45, 2.75) is 0 Å². The highest BCUT2D eigenvalue weighted by atomic mass is 35.5. The van der Waals surface area contributed by atoms with Gasteiger partial charge in [-0.15, -0.1) is 0 Å². The summed E-state index contributed by atoms with van der Waals surface area (Å²) in [6.45, 7) is 2.61. The first-order chi connectivity index (χ1) is 12.6. The monoisotopic (exact) mass is 378 g/mol. The van der Waals surface area contributed by atoms with Gasteiger partial charge in [0.25, 0.3) is 5.91 Å². The summed E-state index contributed by atoms with van der Waals surface area (Å²) in [4.78, 5) is 16.3. The van der Waals surface area contributed by atoms with Crippen LogP contribution in [0.2, 0.25) is 5.02 Å². The molecule has 0 aromatic heterocycles. The second-order valence-electron chi connectivity index (χ2n) is 5.93. The molecule has 1 aliphatic rings. The minimum atomic E-state index is -0.441. The van der Waals surface area contributed by atoms with Crippen LogP contribution in [0.5, 0.6) is 11.5 Å². The molecule has 1 aliphatic heterocycles. The largest absolute Gasteiger partial charge is 0.497 e. The number of hydrogen-bond donors (Lipinski definition) is 0. The Bertz CT molecular complexity index is 762. The van der Waals surface area contributed by atoms with Crippen LogP contribution in [-0.2, 0) is 4.79 Å². The fourth-order valence-electron chi connectivity index (χ4n) is 2.83. The predicted octanol–water partition coefficient (Wildman–Crippen LogP) is 3.22. The summed E-state index contributed by atoms with van der Waals surface area (Å²) in [6, 6.07) is 11.7. The molecule has 26 heavy (non-hydrogen) atoms. The summed E-state index contributed by atoms with van der Waals surface area (Å²) in [5, 5.41) is 0.155. The molecular weight excluding hydrogens is 359 g/mol. The van der Waals surface area contributed by atoms with Gasteiger partial charge in [-0.1, -0.05) is 11.6 Å². The molecule has 0 spiro atoms. The fourth-order valence-corrected chi connectivity index (χ4v) is 3.05. The normalized spacial score (nSPS) is 14.3. The highest BCUT2D eigenvalue weighted by molar-refractivity contribution is 6.32. The van der Waals surface area contributed by atoms with Gasteiger partial charge in [-0.05, 0) is 42.5 Å². The zero-order valence-electron chi connectivity index (χ0n) is 14.5. The molecule has 0 N–H and O–H groups in total. The van der Waals surface area contributed by atoms with Crippen molar-refractivity contribution in [2.24, 2.45) is 0 Å². The Morgan fingerprint density at radius 1 is 1.12 bits per heavy atom. The topological polar surface area (TPSA) is 42.0 Å². The van der Waals surface area contributed by atoms with Crippen molar-refractivity contribution in [3.8, 4) is 11.5 Å². The molecule has 0 bridgehead atoms. The Hall–Kier alpha value is -2.47. The Labute approximate surface area is 156 Å². The van der Waals surface area contributed by atoms with Crippen molar-refractivity contribution >= 4 is 23.2 Å². The average Bonchev–Trinajstić information content (AvgIpc) is 2.67. The maximum absolute atomic E-state index is 13.0. The molecule has 2 aromatic carbocycles. The number of halogens is 2. The number of rotatable bonds is 5. The van der Waals surface area contributed by atoms with E-state index in [4.69, 9.17) is 21.1 Å². The van der Waals surface area contributed by atoms with Gasteiger partial charge in [0, 0.05) is 31.9 Å². The van der Waals surface area contributed by atoms with Crippen LogP contribution in [0.3, 0.4) is 0 Å². The molecule has 1 fully saturated rings. The van der Waals surface area contributed by atoms with Crippen LogP contribution in [0.15, 0.2) is 42.5 Å². The van der Waals surface area contributed by atoms with Crippen LogP contribution in [0.4, 0.5) is 10.1 Å². The fraction of sp³-hybridized carbons (Fsp3) is 0.316. The lowest BCUT2D eigenvalue weighted by Crippen LogP contribution is -2.50. The lowest BCUT2D eigenvalue weighted by molar-refractivity contribution is -0.133. The third-order valence-electron chi connectivity index (χ3n) is 4.32. The van der Waals surface area contributed by atoms with Gasteiger partial charge in [0.15, 0.2) is 6.61 Å². The number of piperazine rings is 1. The second-order valence-corrected chi connectivity index (χ2v) is 6.34. The molecular formula is C19H20ClFN2O3. The number of nitrogens with zero attached hydrogens (tertiary/aromatic N) is 2. The van der Waals surface area contributed by atoms with Gasteiger partial charge in [0.2, 0.25) is 0 Å². The molecule has 1 amide bonds. The highest BCUT2D eigenvalue weighted by Crippen LogP contribution is 2.25. The second kappa shape index (κ2) is 8.27. The molecule has 0 unspecified atom stereocenters. The van der Waals surface area contributed by atoms with Crippen LogP contribution >= 0.6 is 11.6 Å². The number of hydrogen-bond acceptors (Lipinski definition) is 4. The van der Waals surface area contributed by atoms with E-state index in [2.05, 4.69) is 4.90 Å². The zero-order chi connectivity index (χ0) is 18.5. The first-order valence-electron chi connectivity index (χ1n) is 8.31. The van der Waals surface area contributed by atoms with Crippen LogP contribution in [-0.4, -0.2) is 50.7 Å². The number of ether oxygens (including phenoxy) is 2. The van der Waals surface area contributed by atoms with E-state index in [1.807, 2.05) is 24.3 Å². The summed E-state index contributed by atoms with van der Waals surface area (Å²) in [5.41, 5.74) is 1.10. The summed E-state index contributed by atoms with van der Waals surface area (Å²) < 4.78 is 23.6. The van der Waals surface area contributed by atoms with E-state index in [0.29, 0.717) is 18.8 Å². The summed E-state index contributed by atoms with van der Waals surface area (Å²) >= 11 is 5.90. The molecule has 0 atom stereocenters. The van der Waals surface area contributed by atoms with Gasteiger partial charge in [0.05, 0.1) is 12.1 Å². The van der Waals surface area contributed by atoms with Gasteiger partial charge in [0.1, 0.15) is 17.3 Å². The van der Waals surface area contributed by atoms with Gasteiger partial charge in [-0.2, -0.15) is 0 Å². The standard InChI is InChI=1S/C19H20ClFN2O3/c1-25-16-5-3-15(4-6-16)22-8-10-23(11-9-22)19(24)13-26-18-7-2-14(21)12-17(18)20/h2-7,12H,8-11,13H2,1H3. The van der Waals surface area contributed by atoms with Crippen molar-refractivity contribution < 1.29 is 18.7 Å². The average molecular weight is 379 g/mol. The van der Waals surface area contributed by atoms with Crippen LogP contribution in [0.25, 0.3) is 0 Å². The number of carbonyl (C=O) groups is 1. The summed E-state index contributed by atoms with van der Waals surface area (Å²) in [7, 11) is 1.64. The Kier molecular flexibility index (Phi) is 5.83. The van der Waals surface area contributed by atoms with Crippen LogP contribution in [0, 0.1) is 5.82 Å². The third-order valence-corrected chi connectivity index (χ3v) is 4.61. The number of benzene rings is 2. The number of amides is 1. The molecule has 0 aliphatic carbocycles. The first kappa shape index (κ1) is 18.3. The molecule has 5 nitrogen and oxygen atoms in total. The van der Waals surface area contributed by atoms with E-state index in [0.717, 1.165) is 30.6 Å². The minimum Gasteiger partial charge on any atom is -0.497 e. The van der Waals surface area contributed by atoms with E-state index in [1.165, 1.54) is 12.1 Å². The lowest BCUT2D eigenvalue weighted by Gasteiger charge is -2.36. The van der Waals surface area contributed by atoms with Crippen molar-refractivity contribution in [1.82, 2.24) is 4.90 Å². The Morgan fingerprint density at radius 3 is 2.42 bits per heavy atom. The Balaban J connectivity index is 1.50. The van der Waals surface area contributed by atoms with Crippen molar-refractivity contribution in [3.05, 3.63) is 53.3 Å². The molecule has 3 rings (SSSR count). The third kappa shape index (κ3) is 4.38. The van der Waals surface area contributed by atoms with E-state index in [1.54, 1.807) is 12.0 Å². The van der Waals surface area contributed by atoms with E-state index >= 15 is 0 Å². The smallest absolute Gasteiger partial charge is 0.260 e. The quantitative estimate of drug-likeness (QED) is 0.801. The van der Waals surface area contributed by atoms with Gasteiger partial charge in [-0.25, -0.2) is 4.39 Å². The maximum atomic E-state index is 13.0. The molecule has 1 saturated heterocycles. The van der Waals surface area contributed by atoms with E-state index in [9.17, 15) is 9.18 Å². The Morgan fingerprint density at radius 2 is 1.81 bits per heavy atom.